The molecule has 0 saturated carbocycles. The Hall–Kier alpha value is -0.780. The van der Waals surface area contributed by atoms with Crippen LogP contribution in [0.2, 0.25) is 0 Å². The van der Waals surface area contributed by atoms with Gasteiger partial charge in [0.05, 0.1) is 0 Å². The van der Waals surface area contributed by atoms with Crippen LogP contribution in [0.5, 0.6) is 0 Å². The third-order valence-electron chi connectivity index (χ3n) is 1.16. The minimum Gasteiger partial charge on any atom is -0.384 e. The summed E-state index contributed by atoms with van der Waals surface area (Å²) in [6, 6.07) is 1.96. The lowest BCUT2D eigenvalue weighted by Gasteiger charge is -1.82. The highest BCUT2D eigenvalue weighted by atomic mass is 32.1. The van der Waals surface area contributed by atoms with Crippen LogP contribution in [0.3, 0.4) is 0 Å². The SMILES string of the molecule is Cc1sccc1C#CCO. The lowest BCUT2D eigenvalue weighted by atomic mass is 10.3. The molecule has 0 amide bonds. The van der Waals surface area contributed by atoms with Crippen LogP contribution in [0.1, 0.15) is 10.4 Å². The summed E-state index contributed by atoms with van der Waals surface area (Å²) in [6.07, 6.45) is 0. The van der Waals surface area contributed by atoms with Crippen molar-refractivity contribution in [3.05, 3.63) is 21.9 Å². The van der Waals surface area contributed by atoms with E-state index in [1.54, 1.807) is 11.3 Å². The third-order valence-corrected chi connectivity index (χ3v) is 2.01. The molecule has 1 nitrogen and oxygen atoms in total. The van der Waals surface area contributed by atoms with Gasteiger partial charge in [-0.05, 0) is 18.4 Å². The molecule has 0 aliphatic rings. The summed E-state index contributed by atoms with van der Waals surface area (Å²) < 4.78 is 0. The first-order chi connectivity index (χ1) is 4.84. The monoisotopic (exact) mass is 152 g/mol. The van der Waals surface area contributed by atoms with Crippen LogP contribution in [0.15, 0.2) is 11.4 Å². The maximum atomic E-state index is 8.39. The lowest BCUT2D eigenvalue weighted by molar-refractivity contribution is 0.350. The molecule has 1 rings (SSSR count). The Kier molecular flexibility index (Phi) is 2.49. The van der Waals surface area contributed by atoms with Crippen LogP contribution in [-0.4, -0.2) is 11.7 Å². The summed E-state index contributed by atoms with van der Waals surface area (Å²) in [5.41, 5.74) is 1.03. The van der Waals surface area contributed by atoms with Crippen molar-refractivity contribution in [2.75, 3.05) is 6.61 Å². The molecule has 1 aromatic heterocycles. The summed E-state index contributed by atoms with van der Waals surface area (Å²) in [5.74, 6) is 5.46. The molecule has 2 heteroatoms. The van der Waals surface area contributed by atoms with Crippen LogP contribution in [-0.2, 0) is 0 Å². The van der Waals surface area contributed by atoms with E-state index in [0.717, 1.165) is 5.56 Å². The summed E-state index contributed by atoms with van der Waals surface area (Å²) in [4.78, 5) is 1.21. The topological polar surface area (TPSA) is 20.2 Å². The van der Waals surface area contributed by atoms with Crippen molar-refractivity contribution >= 4 is 11.3 Å². The smallest absolute Gasteiger partial charge is 0.104 e. The molecule has 0 unspecified atom stereocenters. The number of aryl methyl sites for hydroxylation is 1. The van der Waals surface area contributed by atoms with E-state index < -0.39 is 0 Å². The van der Waals surface area contributed by atoms with Crippen molar-refractivity contribution in [1.82, 2.24) is 0 Å². The molecule has 1 N–H and O–H groups in total. The Morgan fingerprint density at radius 1 is 1.70 bits per heavy atom. The zero-order valence-corrected chi connectivity index (χ0v) is 6.53. The van der Waals surface area contributed by atoms with Crippen molar-refractivity contribution in [3.8, 4) is 11.8 Å². The quantitative estimate of drug-likeness (QED) is 0.557. The molecule has 0 bridgehead atoms. The Balaban J connectivity index is 2.84. The van der Waals surface area contributed by atoms with Crippen LogP contribution < -0.4 is 0 Å². The van der Waals surface area contributed by atoms with Gasteiger partial charge in [0.2, 0.25) is 0 Å². The second-order valence-corrected chi connectivity index (χ2v) is 2.97. The molecule has 0 spiro atoms. The molecule has 0 aliphatic heterocycles. The van der Waals surface area contributed by atoms with E-state index in [1.165, 1.54) is 4.88 Å². The predicted molar refractivity (Wildman–Crippen MR) is 43.0 cm³/mol. The van der Waals surface area contributed by atoms with E-state index >= 15 is 0 Å². The van der Waals surface area contributed by atoms with Gasteiger partial charge in [-0.3, -0.25) is 0 Å². The number of aliphatic hydroxyl groups excluding tert-OH is 1. The van der Waals surface area contributed by atoms with Gasteiger partial charge in [-0.25, -0.2) is 0 Å². The molecule has 0 radical (unpaired) electrons. The maximum absolute atomic E-state index is 8.39. The van der Waals surface area contributed by atoms with Crippen molar-refractivity contribution < 1.29 is 5.11 Å². The molecular weight excluding hydrogens is 144 g/mol. The van der Waals surface area contributed by atoms with Crippen LogP contribution in [0.4, 0.5) is 0 Å². The van der Waals surface area contributed by atoms with Gasteiger partial charge >= 0.3 is 0 Å². The van der Waals surface area contributed by atoms with Gasteiger partial charge in [0.25, 0.3) is 0 Å². The molecule has 0 atom stereocenters. The van der Waals surface area contributed by atoms with Crippen LogP contribution in [0, 0.1) is 18.8 Å². The molecule has 0 aliphatic carbocycles. The van der Waals surface area contributed by atoms with Gasteiger partial charge in [-0.15, -0.1) is 11.3 Å². The van der Waals surface area contributed by atoms with Gasteiger partial charge in [-0.1, -0.05) is 11.8 Å². The largest absolute Gasteiger partial charge is 0.384 e. The van der Waals surface area contributed by atoms with Gasteiger partial charge in [0, 0.05) is 10.4 Å². The Bertz CT molecular complexity index is 264. The second kappa shape index (κ2) is 3.40. The standard InChI is InChI=1S/C8H8OS/c1-7-8(3-2-5-9)4-6-10-7/h4,6,9H,5H2,1H3. The maximum Gasteiger partial charge on any atom is 0.104 e. The molecular formula is C8H8OS. The van der Waals surface area contributed by atoms with E-state index in [4.69, 9.17) is 5.11 Å². The highest BCUT2D eigenvalue weighted by Crippen LogP contribution is 2.12. The third kappa shape index (κ3) is 1.60. The molecule has 10 heavy (non-hydrogen) atoms. The zero-order valence-electron chi connectivity index (χ0n) is 5.72. The molecule has 1 heterocycles. The first-order valence-electron chi connectivity index (χ1n) is 2.98. The number of hydrogen-bond acceptors (Lipinski definition) is 2. The normalized spacial score (nSPS) is 8.60. The molecule has 1 aromatic rings. The van der Waals surface area contributed by atoms with E-state index in [2.05, 4.69) is 11.8 Å². The summed E-state index contributed by atoms with van der Waals surface area (Å²) in [7, 11) is 0. The minimum absolute atomic E-state index is 0.0602. The first-order valence-corrected chi connectivity index (χ1v) is 3.86. The Labute approximate surface area is 64.3 Å². The fourth-order valence-electron chi connectivity index (χ4n) is 0.649. The van der Waals surface area contributed by atoms with Crippen molar-refractivity contribution in [2.24, 2.45) is 0 Å². The van der Waals surface area contributed by atoms with Crippen molar-refractivity contribution in [2.45, 2.75) is 6.92 Å². The van der Waals surface area contributed by atoms with Gasteiger partial charge in [0.1, 0.15) is 6.61 Å². The van der Waals surface area contributed by atoms with E-state index in [-0.39, 0.29) is 6.61 Å². The van der Waals surface area contributed by atoms with Crippen molar-refractivity contribution in [1.29, 1.82) is 0 Å². The van der Waals surface area contributed by atoms with E-state index in [1.807, 2.05) is 18.4 Å². The van der Waals surface area contributed by atoms with E-state index in [9.17, 15) is 0 Å². The fraction of sp³-hybridized carbons (Fsp3) is 0.250. The zero-order chi connectivity index (χ0) is 7.40. The van der Waals surface area contributed by atoms with Gasteiger partial charge in [0.15, 0.2) is 0 Å². The number of thiophene rings is 1. The Morgan fingerprint density at radius 2 is 2.50 bits per heavy atom. The van der Waals surface area contributed by atoms with Crippen LogP contribution >= 0.6 is 11.3 Å². The molecule has 0 saturated heterocycles. The Morgan fingerprint density at radius 3 is 3.00 bits per heavy atom. The van der Waals surface area contributed by atoms with Gasteiger partial charge in [-0.2, -0.15) is 0 Å². The molecule has 0 aromatic carbocycles. The highest BCUT2D eigenvalue weighted by Gasteiger charge is 1.91. The average molecular weight is 152 g/mol. The summed E-state index contributed by atoms with van der Waals surface area (Å²) in [5, 5.41) is 10.4. The first kappa shape index (κ1) is 7.33. The number of hydrogen-bond donors (Lipinski definition) is 1. The van der Waals surface area contributed by atoms with Crippen molar-refractivity contribution in [3.63, 3.8) is 0 Å². The summed E-state index contributed by atoms with van der Waals surface area (Å²) in [6.45, 7) is 1.96. The number of rotatable bonds is 0. The van der Waals surface area contributed by atoms with Gasteiger partial charge < -0.3 is 5.11 Å². The van der Waals surface area contributed by atoms with Crippen LogP contribution in [0.25, 0.3) is 0 Å². The number of aliphatic hydroxyl groups is 1. The predicted octanol–water partition coefficient (Wildman–Crippen LogP) is 1.40. The fourth-order valence-corrected chi connectivity index (χ4v) is 1.30. The highest BCUT2D eigenvalue weighted by molar-refractivity contribution is 7.10. The minimum atomic E-state index is -0.0602. The molecule has 52 valence electrons. The molecule has 0 fully saturated rings. The average Bonchev–Trinajstić information content (AvgIpc) is 2.31. The lowest BCUT2D eigenvalue weighted by Crippen LogP contribution is -1.74. The summed E-state index contributed by atoms with van der Waals surface area (Å²) >= 11 is 1.67. The second-order valence-electron chi connectivity index (χ2n) is 1.85. The van der Waals surface area contributed by atoms with E-state index in [0.29, 0.717) is 0 Å².